The van der Waals surface area contributed by atoms with Crippen molar-refractivity contribution >= 4 is 0 Å². The Morgan fingerprint density at radius 1 is 1.16 bits per heavy atom. The van der Waals surface area contributed by atoms with Gasteiger partial charge in [-0.1, -0.05) is 24.3 Å². The van der Waals surface area contributed by atoms with Gasteiger partial charge in [-0.15, -0.1) is 0 Å². The van der Waals surface area contributed by atoms with Crippen LogP contribution < -0.4 is 5.32 Å². The highest BCUT2D eigenvalue weighted by atomic mass is 16.3. The van der Waals surface area contributed by atoms with Crippen LogP contribution in [0.15, 0.2) is 24.3 Å². The van der Waals surface area contributed by atoms with Gasteiger partial charge in [0.25, 0.3) is 0 Å². The molecule has 0 saturated carbocycles. The maximum atomic E-state index is 9.18. The highest BCUT2D eigenvalue weighted by Crippen LogP contribution is 2.11. The number of nitrogens with zero attached hydrogens (tertiary/aromatic N) is 1. The van der Waals surface area contributed by atoms with Crippen molar-refractivity contribution in [3.8, 4) is 0 Å². The van der Waals surface area contributed by atoms with Gasteiger partial charge < -0.3 is 15.5 Å². The maximum absolute atomic E-state index is 9.18. The number of benzene rings is 1. The topological polar surface area (TPSA) is 55.7 Å². The second kappa shape index (κ2) is 7.60. The van der Waals surface area contributed by atoms with E-state index in [0.717, 1.165) is 25.2 Å². The van der Waals surface area contributed by atoms with Gasteiger partial charge in [-0.3, -0.25) is 4.90 Å². The quantitative estimate of drug-likeness (QED) is 0.679. The van der Waals surface area contributed by atoms with Gasteiger partial charge in [-0.2, -0.15) is 0 Å². The van der Waals surface area contributed by atoms with E-state index in [9.17, 15) is 5.11 Å². The van der Waals surface area contributed by atoms with E-state index in [1.165, 1.54) is 18.4 Å². The van der Waals surface area contributed by atoms with Crippen LogP contribution in [0.25, 0.3) is 0 Å². The Hall–Kier alpha value is -0.940. The van der Waals surface area contributed by atoms with Crippen LogP contribution in [0.4, 0.5) is 0 Å². The molecule has 1 heterocycles. The van der Waals surface area contributed by atoms with Crippen LogP contribution in [-0.4, -0.2) is 47.4 Å². The van der Waals surface area contributed by atoms with E-state index < -0.39 is 0 Å². The lowest BCUT2D eigenvalue weighted by Gasteiger charge is -2.25. The van der Waals surface area contributed by atoms with Crippen LogP contribution in [0, 0.1) is 0 Å². The summed E-state index contributed by atoms with van der Waals surface area (Å²) < 4.78 is 0. The SMILES string of the molecule is OCCN(Cc1ccc(CO)cc1)CC1CCCN1. The van der Waals surface area contributed by atoms with Gasteiger partial charge in [0.15, 0.2) is 0 Å². The Kier molecular flexibility index (Phi) is 5.79. The van der Waals surface area contributed by atoms with Crippen molar-refractivity contribution in [1.82, 2.24) is 10.2 Å². The third-order valence-electron chi connectivity index (χ3n) is 3.67. The zero-order valence-electron chi connectivity index (χ0n) is 11.4. The van der Waals surface area contributed by atoms with Crippen molar-refractivity contribution in [2.24, 2.45) is 0 Å². The van der Waals surface area contributed by atoms with Crippen molar-refractivity contribution in [2.45, 2.75) is 32.0 Å². The zero-order chi connectivity index (χ0) is 13.5. The molecule has 1 aliphatic rings. The summed E-state index contributed by atoms with van der Waals surface area (Å²) in [7, 11) is 0. The summed E-state index contributed by atoms with van der Waals surface area (Å²) in [6.45, 7) is 3.95. The second-order valence-corrected chi connectivity index (χ2v) is 5.23. The Bertz CT molecular complexity index is 361. The molecule has 1 aromatic carbocycles. The van der Waals surface area contributed by atoms with Gasteiger partial charge in [0.05, 0.1) is 13.2 Å². The summed E-state index contributed by atoms with van der Waals surface area (Å²) in [4.78, 5) is 2.29. The monoisotopic (exact) mass is 264 g/mol. The highest BCUT2D eigenvalue weighted by Gasteiger charge is 2.17. The first-order valence-electron chi connectivity index (χ1n) is 7.07. The molecule has 1 atom stereocenters. The van der Waals surface area contributed by atoms with Crippen molar-refractivity contribution in [3.63, 3.8) is 0 Å². The molecular weight excluding hydrogens is 240 g/mol. The molecule has 0 aromatic heterocycles. The molecule has 0 amide bonds. The predicted molar refractivity (Wildman–Crippen MR) is 75.8 cm³/mol. The fraction of sp³-hybridized carbons (Fsp3) is 0.600. The third-order valence-corrected chi connectivity index (χ3v) is 3.67. The number of nitrogens with one attached hydrogen (secondary N) is 1. The average molecular weight is 264 g/mol. The third kappa shape index (κ3) is 4.58. The minimum absolute atomic E-state index is 0.0899. The molecule has 3 N–H and O–H groups in total. The van der Waals surface area contributed by atoms with Crippen LogP contribution in [0.3, 0.4) is 0 Å². The van der Waals surface area contributed by atoms with E-state index in [0.29, 0.717) is 12.6 Å². The summed E-state index contributed by atoms with van der Waals surface area (Å²) >= 11 is 0. The van der Waals surface area contributed by atoms with E-state index in [-0.39, 0.29) is 13.2 Å². The predicted octanol–water partition coefficient (Wildman–Crippen LogP) is 0.725. The lowest BCUT2D eigenvalue weighted by molar-refractivity contribution is 0.179. The van der Waals surface area contributed by atoms with Crippen LogP contribution in [0.5, 0.6) is 0 Å². The molecule has 2 rings (SSSR count). The molecule has 19 heavy (non-hydrogen) atoms. The first-order valence-corrected chi connectivity index (χ1v) is 7.07. The van der Waals surface area contributed by atoms with Crippen LogP contribution >= 0.6 is 0 Å². The van der Waals surface area contributed by atoms with Crippen molar-refractivity contribution in [3.05, 3.63) is 35.4 Å². The molecule has 0 bridgehead atoms. The minimum Gasteiger partial charge on any atom is -0.395 e. The fourth-order valence-corrected chi connectivity index (χ4v) is 2.61. The molecule has 0 spiro atoms. The summed E-state index contributed by atoms with van der Waals surface area (Å²) in [6, 6.07) is 8.58. The van der Waals surface area contributed by atoms with Gasteiger partial charge >= 0.3 is 0 Å². The van der Waals surface area contributed by atoms with Gasteiger partial charge in [0, 0.05) is 25.7 Å². The summed E-state index contributed by atoms with van der Waals surface area (Å²) in [6.07, 6.45) is 2.48. The van der Waals surface area contributed by atoms with E-state index in [4.69, 9.17) is 5.11 Å². The van der Waals surface area contributed by atoms with E-state index in [1.54, 1.807) is 0 Å². The highest BCUT2D eigenvalue weighted by molar-refractivity contribution is 5.21. The Morgan fingerprint density at radius 3 is 2.47 bits per heavy atom. The summed E-state index contributed by atoms with van der Waals surface area (Å²) in [5, 5.41) is 21.7. The normalized spacial score (nSPS) is 19.2. The van der Waals surface area contributed by atoms with Gasteiger partial charge in [0.2, 0.25) is 0 Å². The van der Waals surface area contributed by atoms with Crippen LogP contribution in [0.2, 0.25) is 0 Å². The number of aliphatic hydroxyl groups is 2. The Labute approximate surface area is 115 Å². The van der Waals surface area contributed by atoms with Gasteiger partial charge in [-0.25, -0.2) is 0 Å². The molecule has 1 fully saturated rings. The standard InChI is InChI=1S/C15H24N2O2/c18-9-8-17(11-15-2-1-7-16-15)10-13-3-5-14(12-19)6-4-13/h3-6,15-16,18-19H,1-2,7-12H2. The summed E-state index contributed by atoms with van der Waals surface area (Å²) in [5.74, 6) is 0. The largest absolute Gasteiger partial charge is 0.395 e. The molecule has 106 valence electrons. The zero-order valence-corrected chi connectivity index (χ0v) is 11.4. The number of rotatable bonds is 7. The molecule has 4 nitrogen and oxygen atoms in total. The Morgan fingerprint density at radius 2 is 1.89 bits per heavy atom. The lowest BCUT2D eigenvalue weighted by atomic mass is 10.1. The molecule has 4 heteroatoms. The molecule has 0 aliphatic carbocycles. The smallest absolute Gasteiger partial charge is 0.0681 e. The fourth-order valence-electron chi connectivity index (χ4n) is 2.61. The van der Waals surface area contributed by atoms with E-state index in [1.807, 2.05) is 12.1 Å². The first kappa shape index (κ1) is 14.5. The molecule has 1 aromatic rings. The van der Waals surface area contributed by atoms with Gasteiger partial charge in [-0.05, 0) is 30.5 Å². The number of hydrogen-bond acceptors (Lipinski definition) is 4. The summed E-state index contributed by atoms with van der Waals surface area (Å²) in [5.41, 5.74) is 2.17. The average Bonchev–Trinajstić information content (AvgIpc) is 2.93. The molecule has 1 saturated heterocycles. The second-order valence-electron chi connectivity index (χ2n) is 5.23. The number of hydrogen-bond donors (Lipinski definition) is 3. The minimum atomic E-state index is 0.0899. The van der Waals surface area contributed by atoms with Crippen molar-refractivity contribution < 1.29 is 10.2 Å². The molecule has 1 aliphatic heterocycles. The first-order chi connectivity index (χ1) is 9.31. The van der Waals surface area contributed by atoms with Crippen LogP contribution in [-0.2, 0) is 13.2 Å². The molecule has 0 radical (unpaired) electrons. The van der Waals surface area contributed by atoms with E-state index >= 15 is 0 Å². The van der Waals surface area contributed by atoms with Gasteiger partial charge in [0.1, 0.15) is 0 Å². The number of aliphatic hydroxyl groups excluding tert-OH is 2. The Balaban J connectivity index is 1.90. The van der Waals surface area contributed by atoms with Crippen LogP contribution in [0.1, 0.15) is 24.0 Å². The maximum Gasteiger partial charge on any atom is 0.0681 e. The molecular formula is C15H24N2O2. The van der Waals surface area contributed by atoms with E-state index in [2.05, 4.69) is 22.3 Å². The van der Waals surface area contributed by atoms with Crippen molar-refractivity contribution in [2.75, 3.05) is 26.2 Å². The molecule has 1 unspecified atom stereocenters. The van der Waals surface area contributed by atoms with Crippen molar-refractivity contribution in [1.29, 1.82) is 0 Å². The lowest BCUT2D eigenvalue weighted by Crippen LogP contribution is -2.38.